The molecule has 1 aromatic carbocycles. The molecule has 0 fully saturated rings. The van der Waals surface area contributed by atoms with Crippen LogP contribution in [-0.4, -0.2) is 0 Å². The van der Waals surface area contributed by atoms with Gasteiger partial charge in [-0.3, -0.25) is 0 Å². The molecule has 0 saturated carbocycles. The summed E-state index contributed by atoms with van der Waals surface area (Å²) in [6, 6.07) is 3.08. The van der Waals surface area contributed by atoms with Crippen LogP contribution in [0.2, 0.25) is 0 Å². The molecule has 3 heteroatoms. The van der Waals surface area contributed by atoms with Crippen molar-refractivity contribution in [2.24, 2.45) is 0 Å². The van der Waals surface area contributed by atoms with Gasteiger partial charge < -0.3 is 0 Å². The molecule has 1 aromatic rings. The summed E-state index contributed by atoms with van der Waals surface area (Å²) < 4.78 is 14.6. The van der Waals surface area contributed by atoms with E-state index in [-0.39, 0.29) is 5.82 Å². The molecule has 0 aliphatic rings. The first-order valence-electron chi connectivity index (χ1n) is 2.72. The number of halogens is 3. The molecule has 0 heterocycles. The number of hydrogen-bond acceptors (Lipinski definition) is 0. The Morgan fingerprint density at radius 2 is 1.60 bits per heavy atom. The lowest BCUT2D eigenvalue weighted by Gasteiger charge is -1.99. The molecule has 0 radical (unpaired) electrons. The van der Waals surface area contributed by atoms with E-state index in [2.05, 4.69) is 45.2 Å². The molecule has 0 amide bonds. The topological polar surface area (TPSA) is 0 Å². The summed E-state index contributed by atoms with van der Waals surface area (Å²) in [7, 11) is 0. The van der Waals surface area contributed by atoms with Crippen LogP contribution in [-0.2, 0) is 0 Å². The summed E-state index contributed by atoms with van der Waals surface area (Å²) in [5.74, 6) is -0.153. The zero-order chi connectivity index (χ0) is 7.72. The molecular weight excluding hydrogens is 357 g/mol. The number of rotatable bonds is 0. The van der Waals surface area contributed by atoms with Gasteiger partial charge in [0.15, 0.2) is 0 Å². The van der Waals surface area contributed by atoms with Gasteiger partial charge in [-0.05, 0) is 69.8 Å². The quantitative estimate of drug-likeness (QED) is 0.622. The van der Waals surface area contributed by atoms with Gasteiger partial charge in [0, 0.05) is 7.14 Å². The van der Waals surface area contributed by atoms with Crippen LogP contribution >= 0.6 is 45.2 Å². The molecule has 0 aromatic heterocycles. The molecule has 0 N–H and O–H groups in total. The van der Waals surface area contributed by atoms with Crippen molar-refractivity contribution in [3.05, 3.63) is 30.7 Å². The summed E-state index contributed by atoms with van der Waals surface area (Å²) >= 11 is 4.26. The second-order valence-corrected chi connectivity index (χ2v) is 4.32. The molecule has 1 rings (SSSR count). The highest BCUT2D eigenvalue weighted by atomic mass is 127. The van der Waals surface area contributed by atoms with E-state index in [0.29, 0.717) is 0 Å². The SMILES string of the molecule is Cc1c(I)cc(F)cc1I. The summed E-state index contributed by atoms with van der Waals surface area (Å²) in [6.07, 6.45) is 0. The lowest BCUT2D eigenvalue weighted by molar-refractivity contribution is 0.625. The van der Waals surface area contributed by atoms with Gasteiger partial charge in [-0.25, -0.2) is 4.39 Å². The Bertz CT molecular complexity index is 235. The highest BCUT2D eigenvalue weighted by Gasteiger charge is 2.01. The fraction of sp³-hybridized carbons (Fsp3) is 0.143. The van der Waals surface area contributed by atoms with Crippen LogP contribution in [0.4, 0.5) is 4.39 Å². The molecule has 0 spiro atoms. The highest BCUT2D eigenvalue weighted by Crippen LogP contribution is 2.19. The summed E-state index contributed by atoms with van der Waals surface area (Å²) in [6.45, 7) is 1.99. The molecule has 0 unspecified atom stereocenters. The minimum Gasteiger partial charge on any atom is -0.207 e. The van der Waals surface area contributed by atoms with E-state index in [1.165, 1.54) is 12.1 Å². The number of hydrogen-bond donors (Lipinski definition) is 0. The van der Waals surface area contributed by atoms with Gasteiger partial charge in [-0.1, -0.05) is 0 Å². The van der Waals surface area contributed by atoms with Crippen molar-refractivity contribution in [3.63, 3.8) is 0 Å². The van der Waals surface area contributed by atoms with Crippen molar-refractivity contribution in [2.45, 2.75) is 6.92 Å². The lowest BCUT2D eigenvalue weighted by Crippen LogP contribution is -1.87. The second kappa shape index (κ2) is 3.34. The Hall–Kier alpha value is 0.610. The van der Waals surface area contributed by atoms with E-state index in [1.54, 1.807) is 0 Å². The van der Waals surface area contributed by atoms with Gasteiger partial charge in [0.25, 0.3) is 0 Å². The largest absolute Gasteiger partial charge is 0.207 e. The zero-order valence-electron chi connectivity index (χ0n) is 5.29. The second-order valence-electron chi connectivity index (χ2n) is 1.99. The average molecular weight is 362 g/mol. The van der Waals surface area contributed by atoms with E-state index < -0.39 is 0 Å². The molecule has 0 aliphatic carbocycles. The van der Waals surface area contributed by atoms with Crippen LogP contribution in [0.15, 0.2) is 12.1 Å². The first kappa shape index (κ1) is 8.70. The summed E-state index contributed by atoms with van der Waals surface area (Å²) in [5.41, 5.74) is 1.16. The van der Waals surface area contributed by atoms with E-state index >= 15 is 0 Å². The smallest absolute Gasteiger partial charge is 0.125 e. The van der Waals surface area contributed by atoms with Gasteiger partial charge in [0.05, 0.1) is 0 Å². The standard InChI is InChI=1S/C7H5FI2/c1-4-6(9)2-5(8)3-7(4)10/h2-3H,1H3. The fourth-order valence-electron chi connectivity index (χ4n) is 0.614. The third-order valence-corrected chi connectivity index (χ3v) is 3.49. The molecule has 54 valence electrons. The van der Waals surface area contributed by atoms with Gasteiger partial charge in [0.1, 0.15) is 5.82 Å². The van der Waals surface area contributed by atoms with E-state index in [0.717, 1.165) is 12.7 Å². The van der Waals surface area contributed by atoms with E-state index in [9.17, 15) is 4.39 Å². The normalized spacial score (nSPS) is 10.0. The molecule has 0 atom stereocenters. The molecule has 0 nitrogen and oxygen atoms in total. The van der Waals surface area contributed by atoms with Crippen molar-refractivity contribution in [1.29, 1.82) is 0 Å². The van der Waals surface area contributed by atoms with Crippen molar-refractivity contribution in [2.75, 3.05) is 0 Å². The van der Waals surface area contributed by atoms with Crippen LogP contribution in [0.1, 0.15) is 5.56 Å². The third-order valence-electron chi connectivity index (χ3n) is 1.25. The molecule has 10 heavy (non-hydrogen) atoms. The first-order valence-corrected chi connectivity index (χ1v) is 4.88. The molecule has 0 saturated heterocycles. The predicted octanol–water partition coefficient (Wildman–Crippen LogP) is 3.34. The minimum atomic E-state index is -0.153. The fourth-order valence-corrected chi connectivity index (χ4v) is 2.31. The van der Waals surface area contributed by atoms with Crippen LogP contribution in [0.25, 0.3) is 0 Å². The van der Waals surface area contributed by atoms with Crippen LogP contribution in [0.3, 0.4) is 0 Å². The maximum Gasteiger partial charge on any atom is 0.125 e. The predicted molar refractivity (Wildman–Crippen MR) is 56.6 cm³/mol. The third kappa shape index (κ3) is 1.81. The van der Waals surface area contributed by atoms with E-state index in [4.69, 9.17) is 0 Å². The van der Waals surface area contributed by atoms with Gasteiger partial charge in [-0.15, -0.1) is 0 Å². The molecular formula is C7H5FI2. The number of benzene rings is 1. The average Bonchev–Trinajstić information content (AvgIpc) is 1.82. The van der Waals surface area contributed by atoms with Crippen LogP contribution in [0.5, 0.6) is 0 Å². The maximum atomic E-state index is 12.6. The lowest BCUT2D eigenvalue weighted by atomic mass is 10.2. The maximum absolute atomic E-state index is 12.6. The Morgan fingerprint density at radius 3 is 2.00 bits per heavy atom. The van der Waals surface area contributed by atoms with Gasteiger partial charge in [-0.2, -0.15) is 0 Å². The van der Waals surface area contributed by atoms with Crippen LogP contribution in [0, 0.1) is 19.9 Å². The van der Waals surface area contributed by atoms with Crippen molar-refractivity contribution < 1.29 is 4.39 Å². The van der Waals surface area contributed by atoms with Gasteiger partial charge >= 0.3 is 0 Å². The highest BCUT2D eigenvalue weighted by molar-refractivity contribution is 14.1. The zero-order valence-corrected chi connectivity index (χ0v) is 9.60. The van der Waals surface area contributed by atoms with Crippen molar-refractivity contribution >= 4 is 45.2 Å². The Labute approximate surface area is 86.5 Å². The molecule has 0 aliphatic heterocycles. The van der Waals surface area contributed by atoms with Crippen molar-refractivity contribution in [1.82, 2.24) is 0 Å². The molecule has 0 bridgehead atoms. The summed E-state index contributed by atoms with van der Waals surface area (Å²) in [4.78, 5) is 0. The Morgan fingerprint density at radius 1 is 1.20 bits per heavy atom. The van der Waals surface area contributed by atoms with E-state index in [1.807, 2.05) is 6.92 Å². The summed E-state index contributed by atoms with van der Waals surface area (Å²) in [5, 5.41) is 0. The minimum absolute atomic E-state index is 0.153. The van der Waals surface area contributed by atoms with Crippen molar-refractivity contribution in [3.8, 4) is 0 Å². The van der Waals surface area contributed by atoms with Gasteiger partial charge in [0.2, 0.25) is 0 Å². The Balaban J connectivity index is 3.31. The first-order chi connectivity index (χ1) is 4.61. The van der Waals surface area contributed by atoms with Crippen LogP contribution < -0.4 is 0 Å². The Kier molecular flexibility index (Phi) is 2.91. The monoisotopic (exact) mass is 362 g/mol.